The standard InChI is InChI=1S/C19H22N2O7/c1-5-28-18-9-14(15(21(23)24)10-17(18)27-4)19(22)20-11-12-8-13(25-2)6-7-16(12)26-3/h6-10H,5,11H2,1-4H3,(H,20,22). The summed E-state index contributed by atoms with van der Waals surface area (Å²) in [6, 6.07) is 7.63. The van der Waals surface area contributed by atoms with Crippen LogP contribution < -0.4 is 24.3 Å². The van der Waals surface area contributed by atoms with Gasteiger partial charge in [0.1, 0.15) is 17.1 Å². The van der Waals surface area contributed by atoms with Crippen LogP contribution in [0.15, 0.2) is 30.3 Å². The van der Waals surface area contributed by atoms with Crippen molar-refractivity contribution in [1.29, 1.82) is 0 Å². The number of nitro groups is 1. The van der Waals surface area contributed by atoms with Crippen molar-refractivity contribution in [3.05, 3.63) is 51.6 Å². The van der Waals surface area contributed by atoms with E-state index in [0.717, 1.165) is 0 Å². The number of nitrogens with one attached hydrogen (secondary N) is 1. The number of hydrogen-bond acceptors (Lipinski definition) is 7. The molecule has 0 bridgehead atoms. The van der Waals surface area contributed by atoms with E-state index in [4.69, 9.17) is 18.9 Å². The molecule has 0 spiro atoms. The lowest BCUT2D eigenvalue weighted by molar-refractivity contribution is -0.385. The van der Waals surface area contributed by atoms with Gasteiger partial charge in [-0.25, -0.2) is 0 Å². The summed E-state index contributed by atoms with van der Waals surface area (Å²) in [4.78, 5) is 23.4. The number of nitrogens with zero attached hydrogens (tertiary/aromatic N) is 1. The second kappa shape index (κ2) is 9.45. The van der Waals surface area contributed by atoms with Gasteiger partial charge in [0.25, 0.3) is 11.6 Å². The number of hydrogen-bond donors (Lipinski definition) is 1. The van der Waals surface area contributed by atoms with Gasteiger partial charge < -0.3 is 24.3 Å². The fourth-order valence-corrected chi connectivity index (χ4v) is 2.60. The molecule has 9 heteroatoms. The Morgan fingerprint density at radius 3 is 2.32 bits per heavy atom. The maximum absolute atomic E-state index is 12.7. The minimum atomic E-state index is -0.640. The maximum Gasteiger partial charge on any atom is 0.286 e. The van der Waals surface area contributed by atoms with E-state index in [1.807, 2.05) is 0 Å². The molecular weight excluding hydrogens is 368 g/mol. The molecule has 1 N–H and O–H groups in total. The Morgan fingerprint density at radius 1 is 1.04 bits per heavy atom. The number of carbonyl (C=O) groups excluding carboxylic acids is 1. The number of ether oxygens (including phenoxy) is 4. The van der Waals surface area contributed by atoms with Crippen LogP contribution in [0.2, 0.25) is 0 Å². The lowest BCUT2D eigenvalue weighted by atomic mass is 10.1. The summed E-state index contributed by atoms with van der Waals surface area (Å²) < 4.78 is 21.0. The van der Waals surface area contributed by atoms with E-state index in [0.29, 0.717) is 23.7 Å². The van der Waals surface area contributed by atoms with E-state index in [1.54, 1.807) is 25.1 Å². The van der Waals surface area contributed by atoms with Crippen LogP contribution >= 0.6 is 0 Å². The Hall–Kier alpha value is -3.49. The summed E-state index contributed by atoms with van der Waals surface area (Å²) in [5, 5.41) is 14.1. The van der Waals surface area contributed by atoms with Crippen LogP contribution in [0.5, 0.6) is 23.0 Å². The zero-order valence-electron chi connectivity index (χ0n) is 16.1. The second-order valence-corrected chi connectivity index (χ2v) is 5.57. The maximum atomic E-state index is 12.7. The predicted octanol–water partition coefficient (Wildman–Crippen LogP) is 2.95. The predicted molar refractivity (Wildman–Crippen MR) is 102 cm³/mol. The number of benzene rings is 2. The number of carbonyl (C=O) groups is 1. The third kappa shape index (κ3) is 4.61. The normalized spacial score (nSPS) is 10.1. The fourth-order valence-electron chi connectivity index (χ4n) is 2.60. The Balaban J connectivity index is 2.33. The lowest BCUT2D eigenvalue weighted by Gasteiger charge is -2.13. The number of rotatable bonds is 9. The van der Waals surface area contributed by atoms with Crippen molar-refractivity contribution >= 4 is 11.6 Å². The molecule has 1 amide bonds. The van der Waals surface area contributed by atoms with Gasteiger partial charge in [0, 0.05) is 18.2 Å². The van der Waals surface area contributed by atoms with Gasteiger partial charge in [-0.15, -0.1) is 0 Å². The molecule has 0 aliphatic heterocycles. The molecule has 28 heavy (non-hydrogen) atoms. The van der Waals surface area contributed by atoms with Crippen LogP contribution in [-0.2, 0) is 6.54 Å². The highest BCUT2D eigenvalue weighted by Gasteiger charge is 2.25. The summed E-state index contributed by atoms with van der Waals surface area (Å²) in [7, 11) is 4.41. The molecule has 0 fully saturated rings. The first-order chi connectivity index (χ1) is 13.4. The average molecular weight is 390 g/mol. The zero-order chi connectivity index (χ0) is 20.7. The fraction of sp³-hybridized carbons (Fsp3) is 0.316. The summed E-state index contributed by atoms with van der Waals surface area (Å²) in [5.41, 5.74) is 0.155. The van der Waals surface area contributed by atoms with Gasteiger partial charge in [-0.1, -0.05) is 0 Å². The molecule has 0 unspecified atom stereocenters. The van der Waals surface area contributed by atoms with Gasteiger partial charge in [-0.05, 0) is 25.1 Å². The van der Waals surface area contributed by atoms with Crippen LogP contribution in [0.3, 0.4) is 0 Å². The number of nitro benzene ring substituents is 1. The van der Waals surface area contributed by atoms with Crippen molar-refractivity contribution < 1.29 is 28.7 Å². The summed E-state index contributed by atoms with van der Waals surface area (Å²) >= 11 is 0. The lowest BCUT2D eigenvalue weighted by Crippen LogP contribution is -2.24. The third-order valence-corrected chi connectivity index (χ3v) is 3.95. The first kappa shape index (κ1) is 20.8. The monoisotopic (exact) mass is 390 g/mol. The van der Waals surface area contributed by atoms with Gasteiger partial charge in [-0.3, -0.25) is 14.9 Å². The molecule has 0 saturated carbocycles. The van der Waals surface area contributed by atoms with E-state index < -0.39 is 10.8 Å². The van der Waals surface area contributed by atoms with E-state index >= 15 is 0 Å². The van der Waals surface area contributed by atoms with Gasteiger partial charge >= 0.3 is 0 Å². The molecule has 9 nitrogen and oxygen atoms in total. The van der Waals surface area contributed by atoms with Crippen molar-refractivity contribution in [2.24, 2.45) is 0 Å². The first-order valence-corrected chi connectivity index (χ1v) is 8.43. The molecule has 2 aromatic carbocycles. The van der Waals surface area contributed by atoms with E-state index in [9.17, 15) is 14.9 Å². The van der Waals surface area contributed by atoms with E-state index in [1.165, 1.54) is 33.5 Å². The van der Waals surface area contributed by atoms with Crippen molar-refractivity contribution in [1.82, 2.24) is 5.32 Å². The molecule has 0 heterocycles. The molecule has 0 aliphatic rings. The van der Waals surface area contributed by atoms with Crippen LogP contribution in [0, 0.1) is 10.1 Å². The van der Waals surface area contributed by atoms with Crippen molar-refractivity contribution in [3.8, 4) is 23.0 Å². The van der Waals surface area contributed by atoms with Crippen LogP contribution in [0.1, 0.15) is 22.8 Å². The molecule has 0 radical (unpaired) electrons. The second-order valence-electron chi connectivity index (χ2n) is 5.57. The molecule has 0 aromatic heterocycles. The van der Waals surface area contributed by atoms with Crippen molar-refractivity contribution in [2.75, 3.05) is 27.9 Å². The van der Waals surface area contributed by atoms with E-state index in [2.05, 4.69) is 5.32 Å². The van der Waals surface area contributed by atoms with Crippen LogP contribution in [-0.4, -0.2) is 38.8 Å². The van der Waals surface area contributed by atoms with Gasteiger partial charge in [0.05, 0.1) is 38.9 Å². The minimum absolute atomic E-state index is 0.0896. The average Bonchev–Trinajstić information content (AvgIpc) is 2.71. The molecule has 0 saturated heterocycles. The summed E-state index contributed by atoms with van der Waals surface area (Å²) in [6.07, 6.45) is 0. The van der Waals surface area contributed by atoms with Gasteiger partial charge in [0.15, 0.2) is 11.5 Å². The zero-order valence-corrected chi connectivity index (χ0v) is 16.1. The Labute approximate surface area is 162 Å². The molecule has 0 atom stereocenters. The molecule has 150 valence electrons. The SMILES string of the molecule is CCOc1cc(C(=O)NCc2cc(OC)ccc2OC)c([N+](=O)[O-])cc1OC. The largest absolute Gasteiger partial charge is 0.497 e. The van der Waals surface area contributed by atoms with Gasteiger partial charge in [0.2, 0.25) is 0 Å². The molecule has 2 aromatic rings. The quantitative estimate of drug-likeness (QED) is 0.518. The molecule has 0 aliphatic carbocycles. The van der Waals surface area contributed by atoms with Crippen LogP contribution in [0.4, 0.5) is 5.69 Å². The smallest absolute Gasteiger partial charge is 0.286 e. The summed E-state index contributed by atoms with van der Waals surface area (Å²) in [5.74, 6) is 0.957. The third-order valence-electron chi connectivity index (χ3n) is 3.95. The van der Waals surface area contributed by atoms with Crippen LogP contribution in [0.25, 0.3) is 0 Å². The highest BCUT2D eigenvalue weighted by atomic mass is 16.6. The highest BCUT2D eigenvalue weighted by molar-refractivity contribution is 5.99. The Morgan fingerprint density at radius 2 is 1.75 bits per heavy atom. The number of methoxy groups -OCH3 is 3. The highest BCUT2D eigenvalue weighted by Crippen LogP contribution is 2.35. The topological polar surface area (TPSA) is 109 Å². The first-order valence-electron chi connectivity index (χ1n) is 8.43. The van der Waals surface area contributed by atoms with Crippen molar-refractivity contribution in [2.45, 2.75) is 13.5 Å². The van der Waals surface area contributed by atoms with Crippen molar-refractivity contribution in [3.63, 3.8) is 0 Å². The van der Waals surface area contributed by atoms with Gasteiger partial charge in [-0.2, -0.15) is 0 Å². The Bertz CT molecular complexity index is 868. The Kier molecular flexibility index (Phi) is 7.02. The number of amides is 1. The summed E-state index contributed by atoms with van der Waals surface area (Å²) in [6.45, 7) is 2.16. The molecular formula is C19H22N2O7. The minimum Gasteiger partial charge on any atom is -0.497 e. The van der Waals surface area contributed by atoms with E-state index in [-0.39, 0.29) is 29.3 Å². The molecule has 2 rings (SSSR count).